The molecule has 0 saturated heterocycles. The molecule has 0 bridgehead atoms. The van der Waals surface area contributed by atoms with Crippen LogP contribution >= 0.6 is 15.9 Å². The Morgan fingerprint density at radius 1 is 1.47 bits per heavy atom. The van der Waals surface area contributed by atoms with Crippen molar-refractivity contribution in [3.8, 4) is 11.5 Å². The number of phenolic OH excluding ortho intramolecular Hbond substituents is 1. The second-order valence-electron chi connectivity index (χ2n) is 3.82. The number of carbonyl (C=O) groups excluding carboxylic acids is 1. The van der Waals surface area contributed by atoms with Gasteiger partial charge in [-0.3, -0.25) is 0 Å². The molecule has 0 saturated carbocycles. The molecule has 1 rings (SSSR count). The van der Waals surface area contributed by atoms with Gasteiger partial charge in [0.05, 0.1) is 11.6 Å². The van der Waals surface area contributed by atoms with E-state index >= 15 is 0 Å². The van der Waals surface area contributed by atoms with E-state index in [1.54, 1.807) is 26.0 Å². The molecule has 0 heterocycles. The van der Waals surface area contributed by atoms with Gasteiger partial charge in [-0.15, -0.1) is 0 Å². The molecular weight excluding hydrogens is 260 g/mol. The van der Waals surface area contributed by atoms with E-state index in [-0.39, 0.29) is 5.75 Å². The quantitative estimate of drug-likeness (QED) is 0.861. The Morgan fingerprint density at radius 3 is 2.53 bits per heavy atom. The predicted octanol–water partition coefficient (Wildman–Crippen LogP) is 2.64. The van der Waals surface area contributed by atoms with Crippen LogP contribution in [-0.4, -0.2) is 18.5 Å². The maximum absolute atomic E-state index is 10.9. The van der Waals surface area contributed by atoms with E-state index in [0.717, 1.165) is 11.8 Å². The zero-order valence-electron chi connectivity index (χ0n) is 8.87. The Hall–Kier alpha value is -1.03. The topological polar surface area (TPSA) is 46.5 Å². The van der Waals surface area contributed by atoms with Crippen LogP contribution in [0.25, 0.3) is 0 Å². The molecule has 0 aromatic heterocycles. The molecule has 0 unspecified atom stereocenters. The largest absolute Gasteiger partial charge is 0.503 e. The second-order valence-corrected chi connectivity index (χ2v) is 4.61. The second kappa shape index (κ2) is 4.23. The summed E-state index contributed by atoms with van der Waals surface area (Å²) in [5.74, 6) is 0.400. The zero-order chi connectivity index (χ0) is 11.6. The highest BCUT2D eigenvalue weighted by atomic mass is 79.9. The van der Waals surface area contributed by atoms with Crippen molar-refractivity contribution in [1.82, 2.24) is 0 Å². The highest BCUT2D eigenvalue weighted by molar-refractivity contribution is 9.10. The van der Waals surface area contributed by atoms with Crippen LogP contribution in [0.2, 0.25) is 0 Å². The van der Waals surface area contributed by atoms with Crippen LogP contribution in [0, 0.1) is 0 Å². The Labute approximate surface area is 97.2 Å². The third-order valence-corrected chi connectivity index (χ3v) is 3.09. The summed E-state index contributed by atoms with van der Waals surface area (Å²) in [6, 6.07) is 3.40. The van der Waals surface area contributed by atoms with E-state index in [1.807, 2.05) is 0 Å². The van der Waals surface area contributed by atoms with Crippen molar-refractivity contribution < 1.29 is 14.6 Å². The van der Waals surface area contributed by atoms with E-state index < -0.39 is 5.41 Å². The molecule has 1 aromatic rings. The van der Waals surface area contributed by atoms with E-state index in [1.165, 1.54) is 7.11 Å². The van der Waals surface area contributed by atoms with Crippen molar-refractivity contribution in [2.45, 2.75) is 19.3 Å². The lowest BCUT2D eigenvalue weighted by Gasteiger charge is -2.20. The predicted molar refractivity (Wildman–Crippen MR) is 61.4 cm³/mol. The van der Waals surface area contributed by atoms with Gasteiger partial charge in [0.25, 0.3) is 0 Å². The van der Waals surface area contributed by atoms with E-state index in [9.17, 15) is 9.90 Å². The first-order valence-electron chi connectivity index (χ1n) is 4.46. The summed E-state index contributed by atoms with van der Waals surface area (Å²) in [6.07, 6.45) is 0.846. The molecule has 1 aromatic carbocycles. The fourth-order valence-electron chi connectivity index (χ4n) is 1.27. The zero-order valence-corrected chi connectivity index (χ0v) is 10.5. The number of methoxy groups -OCH3 is 1. The van der Waals surface area contributed by atoms with Gasteiger partial charge in [0.1, 0.15) is 6.29 Å². The highest BCUT2D eigenvalue weighted by Crippen LogP contribution is 2.40. The number of hydrogen-bond donors (Lipinski definition) is 1. The standard InChI is InChI=1S/C11H13BrO3/c1-11(2,6-13)7-4-5-8(15-3)10(14)9(7)12/h4-6,14H,1-3H3. The number of hydrogen-bond acceptors (Lipinski definition) is 3. The van der Waals surface area contributed by atoms with Gasteiger partial charge >= 0.3 is 0 Å². The van der Waals surface area contributed by atoms with Crippen LogP contribution in [0.5, 0.6) is 11.5 Å². The van der Waals surface area contributed by atoms with Gasteiger partial charge in [0.2, 0.25) is 0 Å². The van der Waals surface area contributed by atoms with Crippen molar-refractivity contribution in [3.05, 3.63) is 22.2 Å². The van der Waals surface area contributed by atoms with Gasteiger partial charge in [-0.1, -0.05) is 6.07 Å². The summed E-state index contributed by atoms with van der Waals surface area (Å²) >= 11 is 3.26. The first-order valence-corrected chi connectivity index (χ1v) is 5.25. The van der Waals surface area contributed by atoms with E-state index in [2.05, 4.69) is 15.9 Å². The van der Waals surface area contributed by atoms with Crippen LogP contribution in [-0.2, 0) is 10.2 Å². The van der Waals surface area contributed by atoms with Crippen LogP contribution in [0.4, 0.5) is 0 Å². The Balaban J connectivity index is 3.35. The minimum atomic E-state index is -0.636. The van der Waals surface area contributed by atoms with Crippen LogP contribution < -0.4 is 4.74 Å². The molecule has 4 heteroatoms. The molecule has 0 atom stereocenters. The first kappa shape index (κ1) is 12.0. The van der Waals surface area contributed by atoms with Gasteiger partial charge in [-0.05, 0) is 41.4 Å². The van der Waals surface area contributed by atoms with Crippen molar-refractivity contribution in [1.29, 1.82) is 0 Å². The lowest BCUT2D eigenvalue weighted by Crippen LogP contribution is -2.19. The van der Waals surface area contributed by atoms with Crippen molar-refractivity contribution in [2.75, 3.05) is 7.11 Å². The summed E-state index contributed by atoms with van der Waals surface area (Å²) in [5.41, 5.74) is 0.0959. The van der Waals surface area contributed by atoms with Crippen LogP contribution in [0.1, 0.15) is 19.4 Å². The number of aldehydes is 1. The summed E-state index contributed by atoms with van der Waals surface area (Å²) in [4.78, 5) is 10.9. The Bertz CT molecular complexity index is 386. The molecule has 3 nitrogen and oxygen atoms in total. The lowest BCUT2D eigenvalue weighted by molar-refractivity contribution is -0.111. The van der Waals surface area contributed by atoms with Gasteiger partial charge in [0, 0.05) is 5.41 Å². The van der Waals surface area contributed by atoms with Crippen molar-refractivity contribution in [3.63, 3.8) is 0 Å². The molecule has 0 aliphatic rings. The summed E-state index contributed by atoms with van der Waals surface area (Å²) in [6.45, 7) is 3.57. The van der Waals surface area contributed by atoms with Crippen molar-refractivity contribution >= 4 is 22.2 Å². The number of halogens is 1. The fraction of sp³-hybridized carbons (Fsp3) is 0.364. The molecular formula is C11H13BrO3. The molecule has 0 radical (unpaired) electrons. The van der Waals surface area contributed by atoms with Gasteiger partial charge in [-0.25, -0.2) is 0 Å². The number of benzene rings is 1. The Kier molecular flexibility index (Phi) is 3.39. The fourth-order valence-corrected chi connectivity index (χ4v) is 2.11. The first-order chi connectivity index (χ1) is 6.94. The third-order valence-electron chi connectivity index (χ3n) is 2.29. The normalized spacial score (nSPS) is 11.2. The smallest absolute Gasteiger partial charge is 0.172 e. The van der Waals surface area contributed by atoms with Gasteiger partial charge < -0.3 is 14.6 Å². The number of rotatable bonds is 3. The molecule has 15 heavy (non-hydrogen) atoms. The molecule has 0 aliphatic heterocycles. The summed E-state index contributed by atoms with van der Waals surface area (Å²) in [5, 5.41) is 9.75. The van der Waals surface area contributed by atoms with Crippen LogP contribution in [0.15, 0.2) is 16.6 Å². The van der Waals surface area contributed by atoms with E-state index in [0.29, 0.717) is 10.2 Å². The Morgan fingerprint density at radius 2 is 2.07 bits per heavy atom. The summed E-state index contributed by atoms with van der Waals surface area (Å²) in [7, 11) is 1.48. The summed E-state index contributed by atoms with van der Waals surface area (Å²) < 4.78 is 5.46. The average molecular weight is 273 g/mol. The third kappa shape index (κ3) is 2.15. The molecule has 0 amide bonds. The number of phenols is 1. The highest BCUT2D eigenvalue weighted by Gasteiger charge is 2.25. The number of ether oxygens (including phenoxy) is 1. The van der Waals surface area contributed by atoms with Crippen molar-refractivity contribution in [2.24, 2.45) is 0 Å². The van der Waals surface area contributed by atoms with E-state index in [4.69, 9.17) is 4.74 Å². The SMILES string of the molecule is COc1ccc(C(C)(C)C=O)c(Br)c1O. The maximum atomic E-state index is 10.9. The maximum Gasteiger partial charge on any atom is 0.172 e. The monoisotopic (exact) mass is 272 g/mol. The minimum Gasteiger partial charge on any atom is -0.503 e. The number of aromatic hydroxyl groups is 1. The van der Waals surface area contributed by atoms with Gasteiger partial charge in [0.15, 0.2) is 11.5 Å². The molecule has 0 aliphatic carbocycles. The molecule has 1 N–H and O–H groups in total. The average Bonchev–Trinajstić information content (AvgIpc) is 2.21. The molecule has 82 valence electrons. The molecule has 0 spiro atoms. The molecule has 0 fully saturated rings. The lowest BCUT2D eigenvalue weighted by atomic mass is 9.86. The minimum absolute atomic E-state index is 0.0184. The van der Waals surface area contributed by atoms with Gasteiger partial charge in [-0.2, -0.15) is 0 Å². The number of carbonyl (C=O) groups is 1. The van der Waals surface area contributed by atoms with Crippen LogP contribution in [0.3, 0.4) is 0 Å².